The van der Waals surface area contributed by atoms with Gasteiger partial charge in [0, 0.05) is 24.2 Å². The highest BCUT2D eigenvalue weighted by Gasteiger charge is 2.03. The number of aromatic nitrogens is 2. The molecule has 0 saturated heterocycles. The Kier molecular flexibility index (Phi) is 1.91. The van der Waals surface area contributed by atoms with Gasteiger partial charge in [0.05, 0.1) is 10.6 Å². The highest BCUT2D eigenvalue weighted by atomic mass is 32.1. The third-order valence-electron chi connectivity index (χ3n) is 1.86. The third kappa shape index (κ3) is 1.36. The second kappa shape index (κ2) is 3.08. The molecule has 0 saturated carbocycles. The van der Waals surface area contributed by atoms with E-state index in [9.17, 15) is 0 Å². The summed E-state index contributed by atoms with van der Waals surface area (Å²) in [5.41, 5.74) is 2.23. The van der Waals surface area contributed by atoms with Crippen molar-refractivity contribution in [2.75, 3.05) is 0 Å². The summed E-state index contributed by atoms with van der Waals surface area (Å²) >= 11 is 1.58. The molecule has 2 nitrogen and oxygen atoms in total. The molecule has 64 valence electrons. The largest absolute Gasteiger partial charge is 0.268 e. The Bertz CT molecular complexity index is 459. The smallest absolute Gasteiger partial charge is 0.0772 e. The van der Waals surface area contributed by atoms with Crippen molar-refractivity contribution in [1.29, 1.82) is 0 Å². The predicted molar refractivity (Wildman–Crippen MR) is 54.5 cm³/mol. The summed E-state index contributed by atoms with van der Waals surface area (Å²) in [5, 5.41) is 6.15. The minimum Gasteiger partial charge on any atom is -0.268 e. The van der Waals surface area contributed by atoms with Gasteiger partial charge in [0.2, 0.25) is 0 Å². The summed E-state index contributed by atoms with van der Waals surface area (Å²) in [5.74, 6) is 2.62. The van der Waals surface area contributed by atoms with Gasteiger partial charge < -0.3 is 0 Å². The molecular formula is C10H8N2S. The Morgan fingerprint density at radius 2 is 2.46 bits per heavy atom. The van der Waals surface area contributed by atoms with Crippen molar-refractivity contribution in [3.8, 4) is 23.6 Å². The molecule has 2 aromatic heterocycles. The minimum absolute atomic E-state index is 0.955. The fourth-order valence-electron chi connectivity index (χ4n) is 1.20. The van der Waals surface area contributed by atoms with E-state index in [0.29, 0.717) is 0 Å². The standard InChI is InChI=1S/C10H8N2S/c1-3-9-6-8(7-13-9)10-4-5-11-12(10)2/h1,4-7H,2H3. The average Bonchev–Trinajstić information content (AvgIpc) is 2.71. The zero-order chi connectivity index (χ0) is 9.26. The van der Waals surface area contributed by atoms with Gasteiger partial charge in [-0.2, -0.15) is 5.10 Å². The van der Waals surface area contributed by atoms with Crippen molar-refractivity contribution in [3.05, 3.63) is 28.6 Å². The summed E-state index contributed by atoms with van der Waals surface area (Å²) in [6.45, 7) is 0. The lowest BCUT2D eigenvalue weighted by Crippen LogP contribution is -1.91. The van der Waals surface area contributed by atoms with Gasteiger partial charge in [-0.3, -0.25) is 4.68 Å². The SMILES string of the molecule is C#Cc1cc(-c2ccnn2C)cs1. The number of thiophene rings is 1. The van der Waals surface area contributed by atoms with E-state index in [0.717, 1.165) is 16.1 Å². The van der Waals surface area contributed by atoms with Crippen LogP contribution in [0.1, 0.15) is 4.88 Å². The van der Waals surface area contributed by atoms with Crippen LogP contribution in [0.25, 0.3) is 11.3 Å². The van der Waals surface area contributed by atoms with Crippen LogP contribution in [0.5, 0.6) is 0 Å². The van der Waals surface area contributed by atoms with Crippen molar-refractivity contribution < 1.29 is 0 Å². The van der Waals surface area contributed by atoms with E-state index in [1.165, 1.54) is 0 Å². The van der Waals surface area contributed by atoms with Crippen molar-refractivity contribution >= 4 is 11.3 Å². The monoisotopic (exact) mass is 188 g/mol. The zero-order valence-corrected chi connectivity index (χ0v) is 8.01. The number of rotatable bonds is 1. The molecule has 0 bridgehead atoms. The summed E-state index contributed by atoms with van der Waals surface area (Å²) < 4.78 is 1.84. The molecule has 2 heterocycles. The predicted octanol–water partition coefficient (Wildman–Crippen LogP) is 2.13. The molecule has 0 amide bonds. The van der Waals surface area contributed by atoms with E-state index in [1.807, 2.05) is 29.2 Å². The van der Waals surface area contributed by atoms with Crippen molar-refractivity contribution in [1.82, 2.24) is 9.78 Å². The van der Waals surface area contributed by atoms with E-state index in [-0.39, 0.29) is 0 Å². The number of hydrogen-bond acceptors (Lipinski definition) is 2. The van der Waals surface area contributed by atoms with Crippen LogP contribution in [0.3, 0.4) is 0 Å². The van der Waals surface area contributed by atoms with Crippen molar-refractivity contribution in [3.63, 3.8) is 0 Å². The molecule has 2 aromatic rings. The number of hydrogen-bond donors (Lipinski definition) is 0. The Labute approximate surface area is 80.8 Å². The topological polar surface area (TPSA) is 17.8 Å². The molecule has 0 aliphatic heterocycles. The molecule has 0 unspecified atom stereocenters. The van der Waals surface area contributed by atoms with E-state index >= 15 is 0 Å². The van der Waals surface area contributed by atoms with Gasteiger partial charge in [-0.1, -0.05) is 5.92 Å². The van der Waals surface area contributed by atoms with Crippen LogP contribution >= 0.6 is 11.3 Å². The Morgan fingerprint density at radius 1 is 1.62 bits per heavy atom. The van der Waals surface area contributed by atoms with Gasteiger partial charge in [0.15, 0.2) is 0 Å². The molecule has 0 atom stereocenters. The molecule has 0 aliphatic rings. The lowest BCUT2D eigenvalue weighted by atomic mass is 10.2. The first-order valence-corrected chi connectivity index (χ1v) is 4.73. The fraction of sp³-hybridized carbons (Fsp3) is 0.100. The van der Waals surface area contributed by atoms with E-state index in [4.69, 9.17) is 6.42 Å². The summed E-state index contributed by atoms with van der Waals surface area (Å²) in [6, 6.07) is 3.98. The highest BCUT2D eigenvalue weighted by Crippen LogP contribution is 2.24. The lowest BCUT2D eigenvalue weighted by molar-refractivity contribution is 0.776. The van der Waals surface area contributed by atoms with E-state index in [2.05, 4.69) is 11.0 Å². The van der Waals surface area contributed by atoms with Gasteiger partial charge in [-0.25, -0.2) is 0 Å². The molecule has 2 rings (SSSR count). The van der Waals surface area contributed by atoms with Crippen LogP contribution in [0, 0.1) is 12.3 Å². The second-order valence-electron chi connectivity index (χ2n) is 2.68. The van der Waals surface area contributed by atoms with E-state index in [1.54, 1.807) is 17.5 Å². The molecule has 3 heteroatoms. The molecule has 0 aromatic carbocycles. The van der Waals surface area contributed by atoms with Gasteiger partial charge in [0.25, 0.3) is 0 Å². The number of aryl methyl sites for hydroxylation is 1. The van der Waals surface area contributed by atoms with Crippen molar-refractivity contribution in [2.45, 2.75) is 0 Å². The van der Waals surface area contributed by atoms with Gasteiger partial charge in [-0.15, -0.1) is 17.8 Å². The van der Waals surface area contributed by atoms with Crippen LogP contribution in [0.15, 0.2) is 23.7 Å². The Balaban J connectivity index is 2.48. The molecule has 0 N–H and O–H groups in total. The number of terminal acetylenes is 1. The van der Waals surface area contributed by atoms with Crippen molar-refractivity contribution in [2.24, 2.45) is 7.05 Å². The quantitative estimate of drug-likeness (QED) is 0.627. The maximum absolute atomic E-state index is 5.29. The van der Waals surface area contributed by atoms with Crippen LogP contribution in [-0.2, 0) is 7.05 Å². The van der Waals surface area contributed by atoms with Gasteiger partial charge in [-0.05, 0) is 12.1 Å². The minimum atomic E-state index is 0.955. The second-order valence-corrected chi connectivity index (χ2v) is 3.60. The summed E-state index contributed by atoms with van der Waals surface area (Å²) in [7, 11) is 1.92. The Hall–Kier alpha value is -1.53. The lowest BCUT2D eigenvalue weighted by Gasteiger charge is -1.96. The molecular weight excluding hydrogens is 180 g/mol. The molecule has 13 heavy (non-hydrogen) atoms. The average molecular weight is 188 g/mol. The Morgan fingerprint density at radius 3 is 3.00 bits per heavy atom. The van der Waals surface area contributed by atoms with Crippen LogP contribution in [-0.4, -0.2) is 9.78 Å². The molecule has 0 aliphatic carbocycles. The van der Waals surface area contributed by atoms with E-state index < -0.39 is 0 Å². The highest BCUT2D eigenvalue weighted by molar-refractivity contribution is 7.11. The summed E-state index contributed by atoms with van der Waals surface area (Å²) in [6.07, 6.45) is 7.07. The van der Waals surface area contributed by atoms with Crippen LogP contribution < -0.4 is 0 Å². The molecule has 0 fully saturated rings. The molecule has 0 spiro atoms. The summed E-state index contributed by atoms with van der Waals surface area (Å²) in [4.78, 5) is 0.955. The fourth-order valence-corrected chi connectivity index (χ4v) is 1.91. The van der Waals surface area contributed by atoms with Crippen LogP contribution in [0.4, 0.5) is 0 Å². The van der Waals surface area contributed by atoms with Crippen LogP contribution in [0.2, 0.25) is 0 Å². The third-order valence-corrected chi connectivity index (χ3v) is 2.72. The first kappa shape index (κ1) is 8.09. The molecule has 0 radical (unpaired) electrons. The maximum Gasteiger partial charge on any atom is 0.0772 e. The van der Waals surface area contributed by atoms with Gasteiger partial charge in [0.1, 0.15) is 0 Å². The first-order chi connectivity index (χ1) is 6.31. The first-order valence-electron chi connectivity index (χ1n) is 3.85. The maximum atomic E-state index is 5.29. The normalized spacial score (nSPS) is 9.85. The zero-order valence-electron chi connectivity index (χ0n) is 7.19. The van der Waals surface area contributed by atoms with Gasteiger partial charge >= 0.3 is 0 Å². The number of nitrogens with zero attached hydrogens (tertiary/aromatic N) is 2.